The fourth-order valence-electron chi connectivity index (χ4n) is 5.12. The molecule has 148 valence electrons. The van der Waals surface area contributed by atoms with Crippen LogP contribution in [0.4, 0.5) is 0 Å². The molecule has 1 amide bonds. The Kier molecular flexibility index (Phi) is 6.11. The summed E-state index contributed by atoms with van der Waals surface area (Å²) in [6.07, 6.45) is 5.46. The van der Waals surface area contributed by atoms with Gasteiger partial charge in [-0.05, 0) is 55.7 Å². The largest absolute Gasteiger partial charge is 0.341 e. The van der Waals surface area contributed by atoms with E-state index in [0.717, 1.165) is 51.7 Å². The molecule has 2 heterocycles. The molecule has 2 aromatic carbocycles. The van der Waals surface area contributed by atoms with Gasteiger partial charge in [-0.2, -0.15) is 0 Å². The number of hydrogen-bond acceptors (Lipinski definition) is 2. The van der Waals surface area contributed by atoms with Crippen molar-refractivity contribution in [3.8, 4) is 0 Å². The standard InChI is InChI=1S/C25H32N2O/c1-2-27-23(22-11-7-4-8-12-22)13-14-24(27)25(28)26-17-15-21(16-18-26)19-20-9-5-3-6-10-20/h3-12,21,23-24H,2,13-19H2,1H3/t23-,24+/m0/s1. The lowest BCUT2D eigenvalue weighted by Crippen LogP contribution is -2.48. The van der Waals surface area contributed by atoms with E-state index in [1.54, 1.807) is 0 Å². The Morgan fingerprint density at radius 1 is 0.893 bits per heavy atom. The number of nitrogens with zero attached hydrogens (tertiary/aromatic N) is 2. The van der Waals surface area contributed by atoms with Crippen LogP contribution in [0.1, 0.15) is 49.8 Å². The zero-order valence-corrected chi connectivity index (χ0v) is 17.0. The fourth-order valence-corrected chi connectivity index (χ4v) is 5.12. The minimum atomic E-state index is 0.0564. The molecule has 0 aliphatic carbocycles. The summed E-state index contributed by atoms with van der Waals surface area (Å²) < 4.78 is 0. The highest BCUT2D eigenvalue weighted by atomic mass is 16.2. The van der Waals surface area contributed by atoms with Crippen LogP contribution in [0.2, 0.25) is 0 Å². The van der Waals surface area contributed by atoms with Gasteiger partial charge in [-0.1, -0.05) is 67.6 Å². The molecule has 2 saturated heterocycles. The Morgan fingerprint density at radius 2 is 1.54 bits per heavy atom. The van der Waals surface area contributed by atoms with Crippen LogP contribution >= 0.6 is 0 Å². The van der Waals surface area contributed by atoms with E-state index in [-0.39, 0.29) is 6.04 Å². The van der Waals surface area contributed by atoms with Crippen LogP contribution in [0.5, 0.6) is 0 Å². The third-order valence-electron chi connectivity index (χ3n) is 6.64. The van der Waals surface area contributed by atoms with E-state index in [4.69, 9.17) is 0 Å². The van der Waals surface area contributed by atoms with Crippen molar-refractivity contribution in [1.82, 2.24) is 9.80 Å². The van der Waals surface area contributed by atoms with Crippen molar-refractivity contribution in [3.63, 3.8) is 0 Å². The van der Waals surface area contributed by atoms with E-state index in [1.165, 1.54) is 11.1 Å². The molecular formula is C25H32N2O. The average molecular weight is 377 g/mol. The summed E-state index contributed by atoms with van der Waals surface area (Å²) in [5.41, 5.74) is 2.77. The first kappa shape index (κ1) is 19.2. The third-order valence-corrected chi connectivity index (χ3v) is 6.64. The first-order valence-electron chi connectivity index (χ1n) is 10.9. The van der Waals surface area contributed by atoms with Crippen LogP contribution in [-0.4, -0.2) is 41.4 Å². The molecule has 2 aromatic rings. The Hall–Kier alpha value is -2.13. The molecule has 2 aliphatic heterocycles. The highest BCUT2D eigenvalue weighted by Crippen LogP contribution is 2.37. The van der Waals surface area contributed by atoms with Gasteiger partial charge in [-0.15, -0.1) is 0 Å². The van der Waals surface area contributed by atoms with Gasteiger partial charge in [0.2, 0.25) is 5.91 Å². The molecule has 2 aliphatic rings. The second kappa shape index (κ2) is 8.91. The van der Waals surface area contributed by atoms with Crippen molar-refractivity contribution in [3.05, 3.63) is 71.8 Å². The minimum Gasteiger partial charge on any atom is -0.341 e. The normalized spacial score (nSPS) is 23.8. The zero-order valence-electron chi connectivity index (χ0n) is 17.0. The van der Waals surface area contributed by atoms with E-state index in [9.17, 15) is 4.79 Å². The van der Waals surface area contributed by atoms with Gasteiger partial charge in [0, 0.05) is 19.1 Å². The summed E-state index contributed by atoms with van der Waals surface area (Å²) in [6.45, 7) is 4.95. The number of benzene rings is 2. The van der Waals surface area contributed by atoms with Crippen LogP contribution < -0.4 is 0 Å². The summed E-state index contributed by atoms with van der Waals surface area (Å²) in [7, 11) is 0. The summed E-state index contributed by atoms with van der Waals surface area (Å²) in [6, 6.07) is 21.9. The summed E-state index contributed by atoms with van der Waals surface area (Å²) in [5.74, 6) is 1.06. The molecule has 4 rings (SSSR count). The quantitative estimate of drug-likeness (QED) is 0.756. The van der Waals surface area contributed by atoms with Gasteiger partial charge in [-0.3, -0.25) is 9.69 Å². The molecule has 28 heavy (non-hydrogen) atoms. The highest BCUT2D eigenvalue weighted by Gasteiger charge is 2.39. The molecule has 2 fully saturated rings. The van der Waals surface area contributed by atoms with Crippen LogP contribution in [0.25, 0.3) is 0 Å². The second-order valence-corrected chi connectivity index (χ2v) is 8.31. The average Bonchev–Trinajstić information content (AvgIpc) is 3.19. The SMILES string of the molecule is CCN1[C@@H](C(=O)N2CCC(Cc3ccccc3)CC2)CC[C@H]1c1ccccc1. The van der Waals surface area contributed by atoms with Crippen molar-refractivity contribution in [2.75, 3.05) is 19.6 Å². The summed E-state index contributed by atoms with van der Waals surface area (Å²) in [5, 5.41) is 0. The van der Waals surface area contributed by atoms with Crippen molar-refractivity contribution < 1.29 is 4.79 Å². The molecule has 3 heteroatoms. The summed E-state index contributed by atoms with van der Waals surface area (Å²) in [4.78, 5) is 17.9. The van der Waals surface area contributed by atoms with Gasteiger partial charge in [0.05, 0.1) is 6.04 Å². The zero-order chi connectivity index (χ0) is 19.3. The number of carbonyl (C=O) groups is 1. The molecule has 0 unspecified atom stereocenters. The third kappa shape index (κ3) is 4.15. The van der Waals surface area contributed by atoms with Gasteiger partial charge < -0.3 is 4.90 Å². The second-order valence-electron chi connectivity index (χ2n) is 8.31. The maximum atomic E-state index is 13.3. The number of piperidine rings is 1. The molecule has 3 nitrogen and oxygen atoms in total. The van der Waals surface area contributed by atoms with Crippen LogP contribution in [0.3, 0.4) is 0 Å². The van der Waals surface area contributed by atoms with E-state index in [0.29, 0.717) is 17.9 Å². The Labute approximate surface area is 169 Å². The first-order valence-corrected chi connectivity index (χ1v) is 10.9. The van der Waals surface area contributed by atoms with Crippen LogP contribution in [0.15, 0.2) is 60.7 Å². The molecule has 0 N–H and O–H groups in total. The number of carbonyl (C=O) groups excluding carboxylic acids is 1. The lowest BCUT2D eigenvalue weighted by molar-refractivity contribution is -0.137. The van der Waals surface area contributed by atoms with Gasteiger partial charge in [0.1, 0.15) is 0 Å². The highest BCUT2D eigenvalue weighted by molar-refractivity contribution is 5.82. The van der Waals surface area contributed by atoms with Gasteiger partial charge in [-0.25, -0.2) is 0 Å². The molecule has 0 bridgehead atoms. The smallest absolute Gasteiger partial charge is 0.239 e. The number of likely N-dealkylation sites (tertiary alicyclic amines) is 2. The topological polar surface area (TPSA) is 23.6 Å². The molecule has 0 spiro atoms. The Morgan fingerprint density at radius 3 is 2.18 bits per heavy atom. The van der Waals surface area contributed by atoms with Gasteiger partial charge in [0.25, 0.3) is 0 Å². The van der Waals surface area contributed by atoms with Gasteiger partial charge >= 0.3 is 0 Å². The molecule has 0 saturated carbocycles. The van der Waals surface area contributed by atoms with Crippen molar-refractivity contribution in [1.29, 1.82) is 0 Å². The molecule has 2 atom stereocenters. The predicted octanol–water partition coefficient (Wildman–Crippen LogP) is 4.69. The van der Waals surface area contributed by atoms with E-state index in [1.807, 2.05) is 0 Å². The summed E-state index contributed by atoms with van der Waals surface area (Å²) >= 11 is 0. The minimum absolute atomic E-state index is 0.0564. The monoisotopic (exact) mass is 376 g/mol. The van der Waals surface area contributed by atoms with Crippen molar-refractivity contribution >= 4 is 5.91 Å². The van der Waals surface area contributed by atoms with E-state index in [2.05, 4.69) is 77.4 Å². The maximum absolute atomic E-state index is 13.3. The number of likely N-dealkylation sites (N-methyl/N-ethyl adjacent to an activating group) is 1. The molecular weight excluding hydrogens is 344 g/mol. The lowest BCUT2D eigenvalue weighted by atomic mass is 9.90. The number of rotatable bonds is 5. The fraction of sp³-hybridized carbons (Fsp3) is 0.480. The van der Waals surface area contributed by atoms with Crippen LogP contribution in [-0.2, 0) is 11.2 Å². The predicted molar refractivity (Wildman–Crippen MR) is 114 cm³/mol. The number of hydrogen-bond donors (Lipinski definition) is 0. The van der Waals surface area contributed by atoms with Crippen LogP contribution in [0, 0.1) is 5.92 Å². The lowest BCUT2D eigenvalue weighted by Gasteiger charge is -2.36. The van der Waals surface area contributed by atoms with E-state index >= 15 is 0 Å². The molecule has 0 radical (unpaired) electrons. The number of amides is 1. The maximum Gasteiger partial charge on any atom is 0.239 e. The van der Waals surface area contributed by atoms with E-state index < -0.39 is 0 Å². The Balaban J connectivity index is 1.35. The van der Waals surface area contributed by atoms with Crippen molar-refractivity contribution in [2.24, 2.45) is 5.92 Å². The molecule has 0 aromatic heterocycles. The van der Waals surface area contributed by atoms with Crippen molar-refractivity contribution in [2.45, 2.75) is 51.1 Å². The van der Waals surface area contributed by atoms with Gasteiger partial charge in [0.15, 0.2) is 0 Å². The first-order chi connectivity index (χ1) is 13.8. The Bertz CT molecular complexity index is 753.